The molecule has 0 spiro atoms. The molecule has 0 unspecified atom stereocenters. The lowest BCUT2D eigenvalue weighted by molar-refractivity contribution is -0.149. The van der Waals surface area contributed by atoms with E-state index in [0.29, 0.717) is 11.6 Å². The SMILES string of the molecule is CCOC(=O)C(C)(C)C(=S)Nc1ccc(OC)cc1. The zero-order chi connectivity index (χ0) is 14.5. The van der Waals surface area contributed by atoms with E-state index in [1.807, 2.05) is 24.3 Å². The fraction of sp³-hybridized carbons (Fsp3) is 0.429. The maximum Gasteiger partial charge on any atom is 0.318 e. The van der Waals surface area contributed by atoms with Crippen LogP contribution in [0.1, 0.15) is 20.8 Å². The minimum absolute atomic E-state index is 0.332. The third-order valence-electron chi connectivity index (χ3n) is 2.70. The minimum atomic E-state index is -0.856. The highest BCUT2D eigenvalue weighted by Gasteiger charge is 2.34. The Kier molecular flexibility index (Phi) is 5.30. The number of carbonyl (C=O) groups excluding carboxylic acids is 1. The molecule has 5 heteroatoms. The molecule has 0 radical (unpaired) electrons. The number of anilines is 1. The largest absolute Gasteiger partial charge is 0.497 e. The summed E-state index contributed by atoms with van der Waals surface area (Å²) in [5.41, 5.74) is -0.0474. The van der Waals surface area contributed by atoms with E-state index in [1.54, 1.807) is 27.9 Å². The molecule has 0 aliphatic heterocycles. The smallest absolute Gasteiger partial charge is 0.318 e. The molecule has 0 aliphatic carbocycles. The van der Waals surface area contributed by atoms with Crippen LogP contribution in [0.3, 0.4) is 0 Å². The van der Waals surface area contributed by atoms with Crippen LogP contribution < -0.4 is 10.1 Å². The number of nitrogens with one attached hydrogen (secondary N) is 1. The molecule has 0 saturated carbocycles. The van der Waals surface area contributed by atoms with Gasteiger partial charge in [0.25, 0.3) is 0 Å². The van der Waals surface area contributed by atoms with Crippen LogP contribution in [-0.4, -0.2) is 24.7 Å². The number of methoxy groups -OCH3 is 1. The zero-order valence-electron chi connectivity index (χ0n) is 11.6. The van der Waals surface area contributed by atoms with E-state index in [0.717, 1.165) is 11.4 Å². The van der Waals surface area contributed by atoms with Crippen LogP contribution in [0.15, 0.2) is 24.3 Å². The summed E-state index contributed by atoms with van der Waals surface area (Å²) < 4.78 is 10.1. The van der Waals surface area contributed by atoms with Gasteiger partial charge in [-0.05, 0) is 45.0 Å². The average molecular weight is 281 g/mol. The summed E-state index contributed by atoms with van der Waals surface area (Å²) in [5, 5.41) is 3.05. The van der Waals surface area contributed by atoms with Crippen molar-refractivity contribution in [2.45, 2.75) is 20.8 Å². The maximum atomic E-state index is 11.8. The summed E-state index contributed by atoms with van der Waals surface area (Å²) in [7, 11) is 1.61. The molecular formula is C14H19NO3S. The predicted molar refractivity (Wildman–Crippen MR) is 79.6 cm³/mol. The molecule has 1 rings (SSSR count). The predicted octanol–water partition coefficient (Wildman–Crippen LogP) is 3.02. The summed E-state index contributed by atoms with van der Waals surface area (Å²) >= 11 is 5.28. The van der Waals surface area contributed by atoms with Gasteiger partial charge in [0.1, 0.15) is 11.2 Å². The molecule has 4 nitrogen and oxygen atoms in total. The van der Waals surface area contributed by atoms with Crippen molar-refractivity contribution in [3.63, 3.8) is 0 Å². The average Bonchev–Trinajstić information content (AvgIpc) is 2.39. The first-order chi connectivity index (χ1) is 8.91. The number of carbonyl (C=O) groups is 1. The van der Waals surface area contributed by atoms with Crippen molar-refractivity contribution >= 4 is 28.9 Å². The van der Waals surface area contributed by atoms with Gasteiger partial charge in [-0.3, -0.25) is 4.79 Å². The molecule has 0 aromatic heterocycles. The molecular weight excluding hydrogens is 262 g/mol. The second-order valence-corrected chi connectivity index (χ2v) is 4.94. The summed E-state index contributed by atoms with van der Waals surface area (Å²) in [4.78, 5) is 12.3. The summed E-state index contributed by atoms with van der Waals surface area (Å²) in [5.74, 6) is 0.433. The highest BCUT2D eigenvalue weighted by atomic mass is 32.1. The Hall–Kier alpha value is -1.62. The Labute approximate surface area is 119 Å². The van der Waals surface area contributed by atoms with Crippen molar-refractivity contribution in [1.29, 1.82) is 0 Å². The number of hydrogen-bond donors (Lipinski definition) is 1. The highest BCUT2D eigenvalue weighted by molar-refractivity contribution is 7.80. The molecule has 19 heavy (non-hydrogen) atoms. The molecule has 1 N–H and O–H groups in total. The van der Waals surface area contributed by atoms with Gasteiger partial charge in [0.05, 0.1) is 18.7 Å². The van der Waals surface area contributed by atoms with Crippen molar-refractivity contribution in [2.24, 2.45) is 5.41 Å². The van der Waals surface area contributed by atoms with Crippen molar-refractivity contribution in [3.8, 4) is 5.75 Å². The molecule has 0 amide bonds. The van der Waals surface area contributed by atoms with E-state index in [2.05, 4.69) is 5.32 Å². The number of rotatable bonds is 5. The molecule has 0 bridgehead atoms. The molecule has 1 aromatic carbocycles. The van der Waals surface area contributed by atoms with Gasteiger partial charge in [-0.2, -0.15) is 0 Å². The lowest BCUT2D eigenvalue weighted by Crippen LogP contribution is -2.38. The van der Waals surface area contributed by atoms with Gasteiger partial charge in [-0.1, -0.05) is 12.2 Å². The van der Waals surface area contributed by atoms with Gasteiger partial charge in [0.2, 0.25) is 0 Å². The van der Waals surface area contributed by atoms with Crippen molar-refractivity contribution in [2.75, 3.05) is 19.0 Å². The zero-order valence-corrected chi connectivity index (χ0v) is 12.5. The lowest BCUT2D eigenvalue weighted by atomic mass is 9.93. The number of thiocarbonyl (C=S) groups is 1. The standard InChI is InChI=1S/C14H19NO3S/c1-5-18-13(16)14(2,3)12(19)15-10-6-8-11(17-4)9-7-10/h6-9H,5H2,1-4H3,(H,15,19). The van der Waals surface area contributed by atoms with Gasteiger partial charge in [-0.15, -0.1) is 0 Å². The fourth-order valence-corrected chi connectivity index (χ4v) is 1.57. The van der Waals surface area contributed by atoms with Gasteiger partial charge < -0.3 is 14.8 Å². The van der Waals surface area contributed by atoms with E-state index in [1.165, 1.54) is 0 Å². The van der Waals surface area contributed by atoms with Gasteiger partial charge in [0.15, 0.2) is 0 Å². The number of ether oxygens (including phenoxy) is 2. The maximum absolute atomic E-state index is 11.8. The number of esters is 1. The molecule has 0 heterocycles. The lowest BCUT2D eigenvalue weighted by Gasteiger charge is -2.24. The Morgan fingerprint density at radius 3 is 2.37 bits per heavy atom. The van der Waals surface area contributed by atoms with Crippen LogP contribution in [0.2, 0.25) is 0 Å². The Morgan fingerprint density at radius 2 is 1.89 bits per heavy atom. The highest BCUT2D eigenvalue weighted by Crippen LogP contribution is 2.23. The van der Waals surface area contributed by atoms with Crippen LogP contribution in [0, 0.1) is 5.41 Å². The monoisotopic (exact) mass is 281 g/mol. The first-order valence-corrected chi connectivity index (χ1v) is 6.45. The third kappa shape index (κ3) is 3.92. The normalized spacial score (nSPS) is 10.7. The molecule has 1 aromatic rings. The minimum Gasteiger partial charge on any atom is -0.497 e. The van der Waals surface area contributed by atoms with E-state index < -0.39 is 5.41 Å². The quantitative estimate of drug-likeness (QED) is 0.664. The summed E-state index contributed by atoms with van der Waals surface area (Å²) in [6.07, 6.45) is 0. The summed E-state index contributed by atoms with van der Waals surface area (Å²) in [6, 6.07) is 7.32. The Bertz CT molecular complexity index is 454. The van der Waals surface area contributed by atoms with Crippen LogP contribution in [0.25, 0.3) is 0 Å². The van der Waals surface area contributed by atoms with Crippen LogP contribution >= 0.6 is 12.2 Å². The second-order valence-electron chi connectivity index (χ2n) is 4.53. The second kappa shape index (κ2) is 6.52. The topological polar surface area (TPSA) is 47.6 Å². The fourth-order valence-electron chi connectivity index (χ4n) is 1.37. The van der Waals surface area contributed by atoms with Crippen molar-refractivity contribution < 1.29 is 14.3 Å². The van der Waals surface area contributed by atoms with Crippen molar-refractivity contribution in [1.82, 2.24) is 0 Å². The van der Waals surface area contributed by atoms with Gasteiger partial charge >= 0.3 is 5.97 Å². The molecule has 104 valence electrons. The van der Waals surface area contributed by atoms with E-state index in [9.17, 15) is 4.79 Å². The molecule has 0 fully saturated rings. The first-order valence-electron chi connectivity index (χ1n) is 6.04. The van der Waals surface area contributed by atoms with Crippen molar-refractivity contribution in [3.05, 3.63) is 24.3 Å². The Balaban J connectivity index is 2.74. The Morgan fingerprint density at radius 1 is 1.32 bits per heavy atom. The van der Waals surface area contributed by atoms with Crippen LogP contribution in [0.4, 0.5) is 5.69 Å². The number of benzene rings is 1. The van der Waals surface area contributed by atoms with E-state index in [-0.39, 0.29) is 5.97 Å². The van der Waals surface area contributed by atoms with Gasteiger partial charge in [0, 0.05) is 5.69 Å². The summed E-state index contributed by atoms with van der Waals surface area (Å²) in [6.45, 7) is 5.59. The van der Waals surface area contributed by atoms with Gasteiger partial charge in [-0.25, -0.2) is 0 Å². The number of hydrogen-bond acceptors (Lipinski definition) is 4. The first kappa shape index (κ1) is 15.4. The van der Waals surface area contributed by atoms with Crippen LogP contribution in [-0.2, 0) is 9.53 Å². The third-order valence-corrected chi connectivity index (χ3v) is 3.31. The molecule has 0 saturated heterocycles. The van der Waals surface area contributed by atoms with E-state index in [4.69, 9.17) is 21.7 Å². The van der Waals surface area contributed by atoms with E-state index >= 15 is 0 Å². The van der Waals surface area contributed by atoms with Crippen LogP contribution in [0.5, 0.6) is 5.75 Å². The molecule has 0 aliphatic rings. The molecule has 0 atom stereocenters.